The topological polar surface area (TPSA) is 57.8 Å². The van der Waals surface area contributed by atoms with Crippen molar-refractivity contribution < 1.29 is 9.18 Å². The number of aromatic nitrogens is 2. The molecule has 0 aliphatic heterocycles. The monoisotopic (exact) mass is 265 g/mol. The summed E-state index contributed by atoms with van der Waals surface area (Å²) in [5.74, 6) is -0.870. The Morgan fingerprint density at radius 3 is 3.00 bits per heavy atom. The molecule has 18 heavy (non-hydrogen) atoms. The lowest BCUT2D eigenvalue weighted by molar-refractivity contribution is -0.111. The summed E-state index contributed by atoms with van der Waals surface area (Å²) in [5.41, 5.74) is 0.714. The zero-order valence-electron chi connectivity index (χ0n) is 9.15. The summed E-state index contributed by atoms with van der Waals surface area (Å²) >= 11 is 5.82. The molecule has 4 nitrogen and oxygen atoms in total. The van der Waals surface area contributed by atoms with E-state index < -0.39 is 11.7 Å². The zero-order chi connectivity index (χ0) is 13.0. The van der Waals surface area contributed by atoms with Crippen LogP contribution in [0.2, 0.25) is 5.02 Å². The van der Waals surface area contributed by atoms with Crippen molar-refractivity contribution in [3.05, 3.63) is 53.1 Å². The molecule has 2 rings (SSSR count). The van der Waals surface area contributed by atoms with Gasteiger partial charge < -0.3 is 5.32 Å². The van der Waals surface area contributed by atoms with E-state index in [-0.39, 0.29) is 10.6 Å². The van der Waals surface area contributed by atoms with E-state index in [4.69, 9.17) is 11.6 Å². The average molecular weight is 266 g/mol. The molecule has 0 atom stereocenters. The van der Waals surface area contributed by atoms with E-state index >= 15 is 0 Å². The van der Waals surface area contributed by atoms with Crippen molar-refractivity contribution in [3.8, 4) is 0 Å². The van der Waals surface area contributed by atoms with Gasteiger partial charge in [0.1, 0.15) is 5.82 Å². The maximum Gasteiger partial charge on any atom is 0.248 e. The molecule has 1 amide bonds. The molecule has 0 spiro atoms. The molecule has 0 saturated carbocycles. The lowest BCUT2D eigenvalue weighted by atomic mass is 10.2. The Balaban J connectivity index is 2.09. The molecule has 0 aliphatic rings. The van der Waals surface area contributed by atoms with Gasteiger partial charge in [-0.05, 0) is 18.2 Å². The molecule has 2 N–H and O–H groups in total. The predicted octanol–water partition coefficient (Wildman–Crippen LogP) is 2.85. The van der Waals surface area contributed by atoms with Crippen LogP contribution in [0.25, 0.3) is 6.08 Å². The molecular formula is C12H9ClFN3O. The molecule has 0 radical (unpaired) electrons. The van der Waals surface area contributed by atoms with Crippen LogP contribution in [0.1, 0.15) is 5.56 Å². The number of anilines is 1. The van der Waals surface area contributed by atoms with Gasteiger partial charge in [-0.3, -0.25) is 9.89 Å². The number of carbonyl (C=O) groups excluding carboxylic acids is 1. The summed E-state index contributed by atoms with van der Waals surface area (Å²) in [6.07, 6.45) is 5.52. The van der Waals surface area contributed by atoms with Gasteiger partial charge >= 0.3 is 0 Å². The van der Waals surface area contributed by atoms with Crippen LogP contribution in [0.15, 0.2) is 36.7 Å². The van der Waals surface area contributed by atoms with Crippen molar-refractivity contribution in [1.29, 1.82) is 0 Å². The molecule has 1 heterocycles. The maximum absolute atomic E-state index is 13.4. The molecule has 0 unspecified atom stereocenters. The first kappa shape index (κ1) is 12.3. The fourth-order valence-electron chi connectivity index (χ4n) is 1.33. The third-order valence-corrected chi connectivity index (χ3v) is 2.50. The minimum Gasteiger partial charge on any atom is -0.320 e. The second kappa shape index (κ2) is 5.46. The van der Waals surface area contributed by atoms with Gasteiger partial charge in [-0.2, -0.15) is 5.10 Å². The van der Waals surface area contributed by atoms with Crippen LogP contribution in [-0.2, 0) is 4.79 Å². The third kappa shape index (κ3) is 2.95. The van der Waals surface area contributed by atoms with Gasteiger partial charge in [0.05, 0.1) is 16.9 Å². The molecule has 1 aromatic carbocycles. The summed E-state index contributed by atoms with van der Waals surface area (Å²) in [7, 11) is 0. The lowest BCUT2D eigenvalue weighted by Gasteiger charge is -2.00. The summed E-state index contributed by atoms with van der Waals surface area (Å²) in [6, 6.07) is 4.33. The lowest BCUT2D eigenvalue weighted by Crippen LogP contribution is -2.06. The van der Waals surface area contributed by atoms with Crippen LogP contribution in [0.3, 0.4) is 0 Å². The SMILES string of the molecule is O=C(/C=C/c1c(F)cccc1Cl)Nc1cn[nH]c1. The van der Waals surface area contributed by atoms with Crippen LogP contribution < -0.4 is 5.32 Å². The van der Waals surface area contributed by atoms with Gasteiger partial charge in [0.25, 0.3) is 0 Å². The van der Waals surface area contributed by atoms with Gasteiger partial charge in [0.15, 0.2) is 0 Å². The van der Waals surface area contributed by atoms with Gasteiger partial charge in [0.2, 0.25) is 5.91 Å². The molecule has 2 aromatic rings. The van der Waals surface area contributed by atoms with E-state index in [2.05, 4.69) is 15.5 Å². The van der Waals surface area contributed by atoms with Crippen molar-refractivity contribution >= 4 is 29.3 Å². The van der Waals surface area contributed by atoms with Crippen LogP contribution in [-0.4, -0.2) is 16.1 Å². The Bertz CT molecular complexity index is 561. The second-order valence-corrected chi connectivity index (χ2v) is 3.85. The highest BCUT2D eigenvalue weighted by Gasteiger charge is 2.04. The highest BCUT2D eigenvalue weighted by atomic mass is 35.5. The first-order valence-electron chi connectivity index (χ1n) is 5.08. The first-order chi connectivity index (χ1) is 8.66. The van der Waals surface area contributed by atoms with E-state index in [1.807, 2.05) is 0 Å². The fourth-order valence-corrected chi connectivity index (χ4v) is 1.56. The molecule has 0 bridgehead atoms. The standard InChI is InChI=1S/C12H9ClFN3O/c13-10-2-1-3-11(14)9(10)4-5-12(18)17-8-6-15-16-7-8/h1-7H,(H,15,16)(H,17,18)/b5-4+. The number of nitrogens with one attached hydrogen (secondary N) is 2. The fraction of sp³-hybridized carbons (Fsp3) is 0. The number of nitrogens with zero attached hydrogens (tertiary/aromatic N) is 1. The summed E-state index contributed by atoms with van der Waals surface area (Å²) in [5, 5.41) is 9.03. The molecule has 0 aliphatic carbocycles. The van der Waals surface area contributed by atoms with Crippen molar-refractivity contribution in [3.63, 3.8) is 0 Å². The van der Waals surface area contributed by atoms with Gasteiger partial charge in [-0.15, -0.1) is 0 Å². The Kier molecular flexibility index (Phi) is 3.74. The molecule has 6 heteroatoms. The van der Waals surface area contributed by atoms with Crippen LogP contribution in [0, 0.1) is 5.82 Å². The van der Waals surface area contributed by atoms with Crippen molar-refractivity contribution in [2.24, 2.45) is 0 Å². The largest absolute Gasteiger partial charge is 0.320 e. The van der Waals surface area contributed by atoms with Crippen molar-refractivity contribution in [2.45, 2.75) is 0 Å². The number of benzene rings is 1. The zero-order valence-corrected chi connectivity index (χ0v) is 9.91. The van der Waals surface area contributed by atoms with E-state index in [0.717, 1.165) is 0 Å². The van der Waals surface area contributed by atoms with Gasteiger partial charge in [-0.25, -0.2) is 4.39 Å². The normalized spacial score (nSPS) is 10.8. The average Bonchev–Trinajstić information content (AvgIpc) is 2.81. The molecule has 0 fully saturated rings. The number of hydrogen-bond donors (Lipinski definition) is 2. The highest BCUT2D eigenvalue weighted by Crippen LogP contribution is 2.20. The van der Waals surface area contributed by atoms with Gasteiger partial charge in [0, 0.05) is 17.8 Å². The molecule has 92 valence electrons. The summed E-state index contributed by atoms with van der Waals surface area (Å²) in [6.45, 7) is 0. The number of carbonyl (C=O) groups is 1. The van der Waals surface area contributed by atoms with E-state index in [1.54, 1.807) is 6.07 Å². The van der Waals surface area contributed by atoms with Gasteiger partial charge in [-0.1, -0.05) is 17.7 Å². The Labute approximate surface area is 107 Å². The maximum atomic E-state index is 13.4. The minimum atomic E-state index is -0.477. The molecular weight excluding hydrogens is 257 g/mol. The third-order valence-electron chi connectivity index (χ3n) is 2.17. The smallest absolute Gasteiger partial charge is 0.248 e. The Morgan fingerprint density at radius 2 is 2.33 bits per heavy atom. The van der Waals surface area contributed by atoms with Crippen LogP contribution in [0.5, 0.6) is 0 Å². The van der Waals surface area contributed by atoms with Crippen LogP contribution in [0.4, 0.5) is 10.1 Å². The molecule has 1 aromatic heterocycles. The van der Waals surface area contributed by atoms with E-state index in [9.17, 15) is 9.18 Å². The second-order valence-electron chi connectivity index (χ2n) is 3.44. The quantitative estimate of drug-likeness (QED) is 0.839. The van der Waals surface area contributed by atoms with E-state index in [0.29, 0.717) is 5.69 Å². The Morgan fingerprint density at radius 1 is 1.50 bits per heavy atom. The number of hydrogen-bond acceptors (Lipinski definition) is 2. The number of aromatic amines is 1. The number of amides is 1. The molecule has 0 saturated heterocycles. The minimum absolute atomic E-state index is 0.182. The van der Waals surface area contributed by atoms with Crippen molar-refractivity contribution in [2.75, 3.05) is 5.32 Å². The van der Waals surface area contributed by atoms with Crippen LogP contribution >= 0.6 is 11.6 Å². The Hall–Kier alpha value is -2.14. The number of H-pyrrole nitrogens is 1. The summed E-state index contributed by atoms with van der Waals surface area (Å²) in [4.78, 5) is 11.5. The van der Waals surface area contributed by atoms with E-state index in [1.165, 1.54) is 36.7 Å². The number of rotatable bonds is 3. The summed E-state index contributed by atoms with van der Waals surface area (Å²) < 4.78 is 13.4. The first-order valence-corrected chi connectivity index (χ1v) is 5.46. The highest BCUT2D eigenvalue weighted by molar-refractivity contribution is 6.32. The predicted molar refractivity (Wildman–Crippen MR) is 67.7 cm³/mol. The van der Waals surface area contributed by atoms with Crippen molar-refractivity contribution in [1.82, 2.24) is 10.2 Å². The number of halogens is 2.